The first kappa shape index (κ1) is 12.3. The maximum absolute atomic E-state index is 5.83. The van der Waals surface area contributed by atoms with Gasteiger partial charge < -0.3 is 5.32 Å². The Morgan fingerprint density at radius 3 is 2.47 bits per heavy atom. The van der Waals surface area contributed by atoms with Gasteiger partial charge >= 0.3 is 0 Å². The van der Waals surface area contributed by atoms with Crippen molar-refractivity contribution in [3.8, 4) is 0 Å². The van der Waals surface area contributed by atoms with Gasteiger partial charge in [0.25, 0.3) is 0 Å². The summed E-state index contributed by atoms with van der Waals surface area (Å²) >= 11 is 5.83. The van der Waals surface area contributed by atoms with Gasteiger partial charge in [-0.2, -0.15) is 0 Å². The van der Waals surface area contributed by atoms with E-state index in [0.29, 0.717) is 0 Å². The highest BCUT2D eigenvalue weighted by atomic mass is 35.5. The van der Waals surface area contributed by atoms with Crippen molar-refractivity contribution in [2.75, 3.05) is 13.1 Å². The van der Waals surface area contributed by atoms with Gasteiger partial charge in [-0.3, -0.25) is 0 Å². The number of hydrogen-bond acceptors (Lipinski definition) is 1. The smallest absolute Gasteiger partial charge is 0.0406 e. The quantitative estimate of drug-likeness (QED) is 0.802. The minimum Gasteiger partial charge on any atom is -0.313 e. The maximum atomic E-state index is 5.83. The molecule has 0 amide bonds. The van der Waals surface area contributed by atoms with Crippen LogP contribution in [0.3, 0.4) is 0 Å². The summed E-state index contributed by atoms with van der Waals surface area (Å²) in [6.45, 7) is 6.28. The number of rotatable bonds is 5. The normalized spacial score (nSPS) is 11.8. The van der Waals surface area contributed by atoms with E-state index in [1.807, 2.05) is 24.3 Å². The van der Waals surface area contributed by atoms with Crippen LogP contribution in [-0.2, 0) is 0 Å². The molecule has 82 valence electrons. The van der Waals surface area contributed by atoms with Crippen LogP contribution in [0.5, 0.6) is 0 Å². The monoisotopic (exact) mass is 223 g/mol. The van der Waals surface area contributed by atoms with E-state index in [4.69, 9.17) is 11.6 Å². The van der Waals surface area contributed by atoms with Crippen molar-refractivity contribution in [3.63, 3.8) is 0 Å². The third kappa shape index (κ3) is 4.50. The lowest BCUT2D eigenvalue weighted by molar-refractivity contribution is 0.762. The summed E-state index contributed by atoms with van der Waals surface area (Å²) in [6, 6.07) is 7.94. The summed E-state index contributed by atoms with van der Waals surface area (Å²) in [6.07, 6.45) is 3.30. The van der Waals surface area contributed by atoms with E-state index < -0.39 is 0 Å². The predicted octanol–water partition coefficient (Wildman–Crippen LogP) is 3.74. The molecule has 2 heteroatoms. The number of halogens is 1. The molecule has 0 saturated carbocycles. The first-order valence-electron chi connectivity index (χ1n) is 5.42. The van der Waals surface area contributed by atoms with Crippen LogP contribution in [0.2, 0.25) is 5.02 Å². The van der Waals surface area contributed by atoms with Gasteiger partial charge in [-0.05, 0) is 30.7 Å². The fraction of sp³-hybridized carbons (Fsp3) is 0.385. The summed E-state index contributed by atoms with van der Waals surface area (Å²) in [7, 11) is 0. The molecule has 0 saturated heterocycles. The van der Waals surface area contributed by atoms with E-state index >= 15 is 0 Å². The lowest BCUT2D eigenvalue weighted by Gasteiger charge is -2.05. The molecule has 0 heterocycles. The highest BCUT2D eigenvalue weighted by molar-refractivity contribution is 6.30. The fourth-order valence-corrected chi connectivity index (χ4v) is 1.48. The Morgan fingerprint density at radius 1 is 1.27 bits per heavy atom. The van der Waals surface area contributed by atoms with E-state index in [9.17, 15) is 0 Å². The topological polar surface area (TPSA) is 12.0 Å². The molecule has 15 heavy (non-hydrogen) atoms. The fourth-order valence-electron chi connectivity index (χ4n) is 1.36. The van der Waals surface area contributed by atoms with Gasteiger partial charge in [-0.25, -0.2) is 0 Å². The van der Waals surface area contributed by atoms with E-state index in [2.05, 4.69) is 25.2 Å². The molecule has 0 aliphatic carbocycles. The van der Waals surface area contributed by atoms with Gasteiger partial charge in [-0.15, -0.1) is 0 Å². The van der Waals surface area contributed by atoms with Crippen molar-refractivity contribution in [2.24, 2.45) is 0 Å². The first-order chi connectivity index (χ1) is 7.26. The maximum Gasteiger partial charge on any atom is 0.0406 e. The van der Waals surface area contributed by atoms with E-state index in [0.717, 1.165) is 24.5 Å². The van der Waals surface area contributed by atoms with Gasteiger partial charge in [0.1, 0.15) is 0 Å². The Bertz CT molecular complexity index is 314. The standard InChI is InChI=1S/C13H18ClN/c1-3-11(10-15-4-2)9-12-5-7-13(14)8-6-12/h5-9,15H,3-4,10H2,1-2H3. The van der Waals surface area contributed by atoms with Gasteiger partial charge in [0, 0.05) is 11.6 Å². The molecule has 0 unspecified atom stereocenters. The minimum atomic E-state index is 0.789. The Labute approximate surface area is 97.1 Å². The SMILES string of the molecule is CCNCC(=Cc1ccc(Cl)cc1)CC. The van der Waals surface area contributed by atoms with Crippen LogP contribution in [0.4, 0.5) is 0 Å². The molecular weight excluding hydrogens is 206 g/mol. The average molecular weight is 224 g/mol. The Hall–Kier alpha value is -0.790. The zero-order valence-electron chi connectivity index (χ0n) is 9.39. The summed E-state index contributed by atoms with van der Waals surface area (Å²) < 4.78 is 0. The molecule has 0 fully saturated rings. The Morgan fingerprint density at radius 2 is 1.93 bits per heavy atom. The van der Waals surface area contributed by atoms with Crippen molar-refractivity contribution in [1.29, 1.82) is 0 Å². The molecule has 1 aromatic carbocycles. The largest absolute Gasteiger partial charge is 0.313 e. The molecule has 0 bridgehead atoms. The van der Waals surface area contributed by atoms with E-state index in [1.165, 1.54) is 11.1 Å². The van der Waals surface area contributed by atoms with E-state index in [-0.39, 0.29) is 0 Å². The Balaban J connectivity index is 2.69. The Kier molecular flexibility index (Phi) is 5.44. The van der Waals surface area contributed by atoms with Crippen molar-refractivity contribution in [1.82, 2.24) is 5.32 Å². The second-order valence-electron chi connectivity index (χ2n) is 3.49. The second kappa shape index (κ2) is 6.65. The number of nitrogens with one attached hydrogen (secondary N) is 1. The molecule has 1 nitrogen and oxygen atoms in total. The van der Waals surface area contributed by atoms with Crippen LogP contribution in [0.25, 0.3) is 6.08 Å². The molecule has 1 aromatic rings. The summed E-state index contributed by atoms with van der Waals surface area (Å²) in [5, 5.41) is 4.13. The third-order valence-electron chi connectivity index (χ3n) is 2.30. The van der Waals surface area contributed by atoms with E-state index in [1.54, 1.807) is 0 Å². The van der Waals surface area contributed by atoms with Crippen molar-refractivity contribution < 1.29 is 0 Å². The summed E-state index contributed by atoms with van der Waals surface area (Å²) in [5.74, 6) is 0. The van der Waals surface area contributed by atoms with Gasteiger partial charge in [0.05, 0.1) is 0 Å². The third-order valence-corrected chi connectivity index (χ3v) is 2.55. The first-order valence-corrected chi connectivity index (χ1v) is 5.79. The molecule has 0 aromatic heterocycles. The lowest BCUT2D eigenvalue weighted by Crippen LogP contribution is -2.15. The van der Waals surface area contributed by atoms with Crippen LogP contribution in [0.1, 0.15) is 25.8 Å². The summed E-state index contributed by atoms with van der Waals surface area (Å²) in [5.41, 5.74) is 2.63. The highest BCUT2D eigenvalue weighted by Gasteiger charge is 1.94. The number of likely N-dealkylation sites (N-methyl/N-ethyl adjacent to an activating group) is 1. The van der Waals surface area contributed by atoms with Crippen molar-refractivity contribution in [3.05, 3.63) is 40.4 Å². The van der Waals surface area contributed by atoms with Gasteiger partial charge in [-0.1, -0.05) is 49.2 Å². The van der Waals surface area contributed by atoms with Gasteiger partial charge in [0.15, 0.2) is 0 Å². The van der Waals surface area contributed by atoms with Crippen LogP contribution in [-0.4, -0.2) is 13.1 Å². The van der Waals surface area contributed by atoms with Gasteiger partial charge in [0.2, 0.25) is 0 Å². The molecule has 0 aliphatic rings. The van der Waals surface area contributed by atoms with Crippen LogP contribution >= 0.6 is 11.6 Å². The highest BCUT2D eigenvalue weighted by Crippen LogP contribution is 2.13. The number of benzene rings is 1. The predicted molar refractivity (Wildman–Crippen MR) is 68.3 cm³/mol. The summed E-state index contributed by atoms with van der Waals surface area (Å²) in [4.78, 5) is 0. The van der Waals surface area contributed by atoms with Crippen LogP contribution in [0, 0.1) is 0 Å². The molecule has 0 aliphatic heterocycles. The number of hydrogen-bond donors (Lipinski definition) is 1. The molecule has 0 radical (unpaired) electrons. The molecule has 0 spiro atoms. The second-order valence-corrected chi connectivity index (χ2v) is 3.92. The molecule has 1 rings (SSSR count). The minimum absolute atomic E-state index is 0.789. The molecular formula is C13H18ClN. The van der Waals surface area contributed by atoms with Crippen molar-refractivity contribution in [2.45, 2.75) is 20.3 Å². The average Bonchev–Trinajstić information content (AvgIpc) is 2.27. The lowest BCUT2D eigenvalue weighted by atomic mass is 10.1. The zero-order chi connectivity index (χ0) is 11.1. The molecule has 1 N–H and O–H groups in total. The van der Waals surface area contributed by atoms with Crippen LogP contribution in [0.15, 0.2) is 29.8 Å². The molecule has 0 atom stereocenters. The van der Waals surface area contributed by atoms with Crippen molar-refractivity contribution >= 4 is 17.7 Å². The van der Waals surface area contributed by atoms with Crippen LogP contribution < -0.4 is 5.32 Å². The zero-order valence-corrected chi connectivity index (χ0v) is 10.1.